The number of aromatic nitrogens is 2. The highest BCUT2D eigenvalue weighted by Gasteiger charge is 2.48. The van der Waals surface area contributed by atoms with Gasteiger partial charge in [0.2, 0.25) is 0 Å². The molecule has 0 aromatic carbocycles. The molecule has 1 heterocycles. The maximum absolute atomic E-state index is 5.77. The first-order chi connectivity index (χ1) is 9.09. The summed E-state index contributed by atoms with van der Waals surface area (Å²) < 4.78 is 8.00. The van der Waals surface area contributed by atoms with E-state index in [0.717, 1.165) is 32.5 Å². The number of rotatable bonds is 7. The first kappa shape index (κ1) is 14.5. The zero-order valence-electron chi connectivity index (χ0n) is 12.6. The normalized spacial score (nSPS) is 25.3. The van der Waals surface area contributed by atoms with Crippen LogP contribution in [0, 0.1) is 5.41 Å². The van der Waals surface area contributed by atoms with E-state index < -0.39 is 0 Å². The Morgan fingerprint density at radius 2 is 2.26 bits per heavy atom. The molecular weight excluding hydrogens is 238 g/mol. The molecule has 1 aliphatic carbocycles. The monoisotopic (exact) mass is 265 g/mol. The highest BCUT2D eigenvalue weighted by molar-refractivity contribution is 5.05. The summed E-state index contributed by atoms with van der Waals surface area (Å²) >= 11 is 0. The fraction of sp³-hybridized carbons (Fsp3) is 0.800. The van der Waals surface area contributed by atoms with E-state index in [1.54, 1.807) is 0 Å². The van der Waals surface area contributed by atoms with Crippen LogP contribution in [0.2, 0.25) is 0 Å². The topological polar surface area (TPSA) is 39.1 Å². The molecule has 1 N–H and O–H groups in total. The molecule has 2 rings (SSSR count). The van der Waals surface area contributed by atoms with E-state index in [2.05, 4.69) is 42.6 Å². The van der Waals surface area contributed by atoms with Crippen LogP contribution in [0.3, 0.4) is 0 Å². The lowest BCUT2D eigenvalue weighted by Crippen LogP contribution is -2.60. The molecule has 0 spiro atoms. The van der Waals surface area contributed by atoms with E-state index in [1.165, 1.54) is 5.69 Å². The zero-order valence-corrected chi connectivity index (χ0v) is 12.6. The summed E-state index contributed by atoms with van der Waals surface area (Å²) in [6, 6.07) is 0.536. The number of hydrogen-bond acceptors (Lipinski definition) is 3. The predicted octanol–water partition coefficient (Wildman–Crippen LogP) is 2.59. The van der Waals surface area contributed by atoms with E-state index >= 15 is 0 Å². The third kappa shape index (κ3) is 3.00. The fourth-order valence-corrected chi connectivity index (χ4v) is 2.88. The SMILES string of the molecule is CCCn1cncc1CNC1CC(OCC)C1(C)C. The number of aryl methyl sites for hydroxylation is 1. The summed E-state index contributed by atoms with van der Waals surface area (Å²) in [6.45, 7) is 11.6. The Morgan fingerprint density at radius 1 is 1.47 bits per heavy atom. The number of hydrogen-bond donors (Lipinski definition) is 1. The Hall–Kier alpha value is -0.870. The summed E-state index contributed by atoms with van der Waals surface area (Å²) in [6.07, 6.45) is 6.55. The van der Waals surface area contributed by atoms with Crippen molar-refractivity contribution < 1.29 is 4.74 Å². The number of ether oxygens (including phenoxy) is 1. The second-order valence-electron chi connectivity index (χ2n) is 6.01. The Labute approximate surface area is 116 Å². The molecule has 4 heteroatoms. The second kappa shape index (κ2) is 6.06. The molecule has 1 saturated carbocycles. The summed E-state index contributed by atoms with van der Waals surface area (Å²) in [5.74, 6) is 0. The molecule has 0 saturated heterocycles. The summed E-state index contributed by atoms with van der Waals surface area (Å²) in [5.41, 5.74) is 1.50. The summed E-state index contributed by atoms with van der Waals surface area (Å²) in [7, 11) is 0. The van der Waals surface area contributed by atoms with Gasteiger partial charge in [0.15, 0.2) is 0 Å². The summed E-state index contributed by atoms with van der Waals surface area (Å²) in [4.78, 5) is 4.24. The van der Waals surface area contributed by atoms with Crippen molar-refractivity contribution in [2.75, 3.05) is 6.61 Å². The molecule has 1 aliphatic rings. The highest BCUT2D eigenvalue weighted by atomic mass is 16.5. The zero-order chi connectivity index (χ0) is 13.9. The highest BCUT2D eigenvalue weighted by Crippen LogP contribution is 2.42. The minimum atomic E-state index is 0.228. The molecule has 0 bridgehead atoms. The van der Waals surface area contributed by atoms with Gasteiger partial charge in [-0.15, -0.1) is 0 Å². The minimum Gasteiger partial charge on any atom is -0.378 e. The van der Waals surface area contributed by atoms with Crippen LogP contribution in [0.1, 0.15) is 46.2 Å². The predicted molar refractivity (Wildman–Crippen MR) is 77.0 cm³/mol. The van der Waals surface area contributed by atoms with Gasteiger partial charge < -0.3 is 14.6 Å². The number of nitrogens with zero attached hydrogens (tertiary/aromatic N) is 2. The van der Waals surface area contributed by atoms with E-state index in [0.29, 0.717) is 12.1 Å². The van der Waals surface area contributed by atoms with Crippen LogP contribution in [0.4, 0.5) is 0 Å². The van der Waals surface area contributed by atoms with Crippen LogP contribution in [0.25, 0.3) is 0 Å². The van der Waals surface area contributed by atoms with Gasteiger partial charge >= 0.3 is 0 Å². The first-order valence-electron chi connectivity index (χ1n) is 7.43. The Balaban J connectivity index is 1.85. The van der Waals surface area contributed by atoms with Gasteiger partial charge in [0.05, 0.1) is 18.1 Å². The average molecular weight is 265 g/mol. The summed E-state index contributed by atoms with van der Waals surface area (Å²) in [5, 5.41) is 3.66. The minimum absolute atomic E-state index is 0.228. The van der Waals surface area contributed by atoms with Crippen molar-refractivity contribution in [2.45, 2.75) is 65.8 Å². The molecular formula is C15H27N3O. The number of imidazole rings is 1. The maximum atomic E-state index is 5.77. The largest absolute Gasteiger partial charge is 0.378 e. The van der Waals surface area contributed by atoms with Crippen LogP contribution in [0.15, 0.2) is 12.5 Å². The van der Waals surface area contributed by atoms with Crippen molar-refractivity contribution in [3.63, 3.8) is 0 Å². The van der Waals surface area contributed by atoms with Crippen molar-refractivity contribution in [1.29, 1.82) is 0 Å². The Kier molecular flexibility index (Phi) is 4.63. The van der Waals surface area contributed by atoms with E-state index in [1.807, 2.05) is 12.5 Å². The molecule has 108 valence electrons. The third-order valence-electron chi connectivity index (χ3n) is 4.34. The van der Waals surface area contributed by atoms with Gasteiger partial charge in [0, 0.05) is 37.4 Å². The van der Waals surface area contributed by atoms with Crippen molar-refractivity contribution in [3.05, 3.63) is 18.2 Å². The van der Waals surface area contributed by atoms with Crippen molar-refractivity contribution in [1.82, 2.24) is 14.9 Å². The van der Waals surface area contributed by atoms with Gasteiger partial charge in [-0.25, -0.2) is 4.98 Å². The van der Waals surface area contributed by atoms with E-state index in [9.17, 15) is 0 Å². The molecule has 0 amide bonds. The second-order valence-corrected chi connectivity index (χ2v) is 6.01. The molecule has 1 aromatic rings. The molecule has 2 atom stereocenters. The lowest BCUT2D eigenvalue weighted by atomic mass is 9.64. The van der Waals surface area contributed by atoms with Gasteiger partial charge in [0.1, 0.15) is 0 Å². The van der Waals surface area contributed by atoms with Crippen molar-refractivity contribution in [2.24, 2.45) is 5.41 Å². The van der Waals surface area contributed by atoms with Crippen LogP contribution >= 0.6 is 0 Å². The molecule has 2 unspecified atom stereocenters. The van der Waals surface area contributed by atoms with Crippen molar-refractivity contribution >= 4 is 0 Å². The lowest BCUT2D eigenvalue weighted by molar-refractivity contribution is -0.114. The fourth-order valence-electron chi connectivity index (χ4n) is 2.88. The average Bonchev–Trinajstić information content (AvgIpc) is 2.81. The Bertz CT molecular complexity index is 400. The van der Waals surface area contributed by atoms with Gasteiger partial charge in [-0.1, -0.05) is 20.8 Å². The number of nitrogens with one attached hydrogen (secondary N) is 1. The standard InChI is InChI=1S/C15H27N3O/c1-5-7-18-11-16-9-12(18)10-17-13-8-14(19-6-2)15(13,3)4/h9,11,13-14,17H,5-8,10H2,1-4H3. The van der Waals surface area contributed by atoms with E-state index in [-0.39, 0.29) is 5.41 Å². The van der Waals surface area contributed by atoms with E-state index in [4.69, 9.17) is 4.74 Å². The quantitative estimate of drug-likeness (QED) is 0.823. The smallest absolute Gasteiger partial charge is 0.0948 e. The van der Waals surface area contributed by atoms with Crippen LogP contribution < -0.4 is 5.32 Å². The Morgan fingerprint density at radius 3 is 2.89 bits per heavy atom. The van der Waals surface area contributed by atoms with Gasteiger partial charge in [-0.3, -0.25) is 0 Å². The third-order valence-corrected chi connectivity index (χ3v) is 4.34. The van der Waals surface area contributed by atoms with Crippen LogP contribution in [0.5, 0.6) is 0 Å². The molecule has 4 nitrogen and oxygen atoms in total. The maximum Gasteiger partial charge on any atom is 0.0948 e. The molecule has 19 heavy (non-hydrogen) atoms. The molecule has 0 radical (unpaired) electrons. The van der Waals surface area contributed by atoms with Gasteiger partial charge in [0.25, 0.3) is 0 Å². The van der Waals surface area contributed by atoms with Crippen LogP contribution in [-0.4, -0.2) is 28.3 Å². The first-order valence-corrected chi connectivity index (χ1v) is 7.43. The molecule has 0 aliphatic heterocycles. The molecule has 1 fully saturated rings. The lowest BCUT2D eigenvalue weighted by Gasteiger charge is -2.52. The molecule has 1 aromatic heterocycles. The van der Waals surface area contributed by atoms with Gasteiger partial charge in [-0.2, -0.15) is 0 Å². The van der Waals surface area contributed by atoms with Crippen molar-refractivity contribution in [3.8, 4) is 0 Å². The van der Waals surface area contributed by atoms with Gasteiger partial charge in [-0.05, 0) is 19.8 Å². The van der Waals surface area contributed by atoms with Crippen LogP contribution in [-0.2, 0) is 17.8 Å².